The molecule has 1 aromatic carbocycles. The normalized spacial score (nSPS) is 17.9. The van der Waals surface area contributed by atoms with Crippen LogP contribution in [0.25, 0.3) is 11.0 Å². The van der Waals surface area contributed by atoms with E-state index >= 15 is 0 Å². The predicted octanol–water partition coefficient (Wildman–Crippen LogP) is 2.39. The third kappa shape index (κ3) is 2.93. The molecule has 0 radical (unpaired) electrons. The van der Waals surface area contributed by atoms with Crippen molar-refractivity contribution in [3.63, 3.8) is 0 Å². The van der Waals surface area contributed by atoms with E-state index in [1.54, 1.807) is 4.57 Å². The number of nitrogens with one attached hydrogen (secondary N) is 1. The number of piperidine rings is 1. The van der Waals surface area contributed by atoms with Crippen molar-refractivity contribution in [2.75, 3.05) is 0 Å². The topological polar surface area (TPSA) is 73.1 Å². The van der Waals surface area contributed by atoms with Gasteiger partial charge in [-0.3, -0.25) is 24.0 Å². The van der Waals surface area contributed by atoms with Crippen LogP contribution in [0, 0.1) is 0 Å². The lowest BCUT2D eigenvalue weighted by Crippen LogP contribution is -2.44. The van der Waals surface area contributed by atoms with Crippen LogP contribution < -0.4 is 11.0 Å². The molecular formula is C17H23N3O3. The zero-order valence-electron chi connectivity index (χ0n) is 14.0. The van der Waals surface area contributed by atoms with Crippen LogP contribution in [0.5, 0.6) is 0 Å². The van der Waals surface area contributed by atoms with E-state index in [1.165, 1.54) is 4.57 Å². The summed E-state index contributed by atoms with van der Waals surface area (Å²) in [7, 11) is 0. The van der Waals surface area contributed by atoms with Crippen molar-refractivity contribution in [1.29, 1.82) is 0 Å². The second-order valence-electron chi connectivity index (χ2n) is 5.57. The Morgan fingerprint density at radius 3 is 2.26 bits per heavy atom. The van der Waals surface area contributed by atoms with E-state index < -0.39 is 11.9 Å². The number of fused-ring (bicyclic) bond motifs is 1. The molecule has 0 spiro atoms. The van der Waals surface area contributed by atoms with Gasteiger partial charge in [-0.1, -0.05) is 26.0 Å². The first kappa shape index (κ1) is 17.0. The first-order valence-electron chi connectivity index (χ1n) is 8.06. The Morgan fingerprint density at radius 2 is 1.70 bits per heavy atom. The van der Waals surface area contributed by atoms with E-state index in [4.69, 9.17) is 0 Å². The molecule has 124 valence electrons. The van der Waals surface area contributed by atoms with Crippen molar-refractivity contribution < 1.29 is 9.59 Å². The maximum absolute atomic E-state index is 12.7. The van der Waals surface area contributed by atoms with Gasteiger partial charge in [0.15, 0.2) is 0 Å². The number of imidazole rings is 1. The Labute approximate surface area is 135 Å². The molecule has 0 saturated carbocycles. The van der Waals surface area contributed by atoms with Gasteiger partial charge >= 0.3 is 5.69 Å². The van der Waals surface area contributed by atoms with E-state index in [0.29, 0.717) is 6.42 Å². The molecule has 2 amide bonds. The summed E-state index contributed by atoms with van der Waals surface area (Å²) >= 11 is 0. The molecule has 23 heavy (non-hydrogen) atoms. The SMILES string of the molecule is CC.CC(C)n1c(=O)n(C2CCC(=O)NC2=O)c2ccccc21. The molecule has 1 saturated heterocycles. The number of carbonyl (C=O) groups excluding carboxylic acids is 2. The van der Waals surface area contributed by atoms with Gasteiger partial charge in [0.2, 0.25) is 11.8 Å². The minimum atomic E-state index is -0.625. The van der Waals surface area contributed by atoms with Gasteiger partial charge in [0.1, 0.15) is 6.04 Å². The van der Waals surface area contributed by atoms with Gasteiger partial charge in [-0.15, -0.1) is 0 Å². The molecule has 1 aliphatic heterocycles. The van der Waals surface area contributed by atoms with Crippen molar-refractivity contribution >= 4 is 22.8 Å². The van der Waals surface area contributed by atoms with Crippen LogP contribution >= 0.6 is 0 Å². The summed E-state index contributed by atoms with van der Waals surface area (Å²) in [6.45, 7) is 7.87. The fourth-order valence-electron chi connectivity index (χ4n) is 2.92. The Balaban J connectivity index is 0.000000924. The number of rotatable bonds is 2. The van der Waals surface area contributed by atoms with Crippen LogP contribution in [0.15, 0.2) is 29.1 Å². The largest absolute Gasteiger partial charge is 0.330 e. The Morgan fingerprint density at radius 1 is 1.09 bits per heavy atom. The summed E-state index contributed by atoms with van der Waals surface area (Å²) in [4.78, 5) is 36.1. The zero-order chi connectivity index (χ0) is 17.1. The maximum Gasteiger partial charge on any atom is 0.330 e. The van der Waals surface area contributed by atoms with Crippen LogP contribution in [-0.4, -0.2) is 20.9 Å². The van der Waals surface area contributed by atoms with Crippen LogP contribution in [0.3, 0.4) is 0 Å². The molecular weight excluding hydrogens is 294 g/mol. The van der Waals surface area contributed by atoms with Crippen LogP contribution in [-0.2, 0) is 9.59 Å². The van der Waals surface area contributed by atoms with E-state index in [-0.39, 0.29) is 24.1 Å². The van der Waals surface area contributed by atoms with Gasteiger partial charge in [-0.05, 0) is 32.4 Å². The highest BCUT2D eigenvalue weighted by Gasteiger charge is 2.31. The lowest BCUT2D eigenvalue weighted by molar-refractivity contribution is -0.135. The van der Waals surface area contributed by atoms with Gasteiger partial charge < -0.3 is 0 Å². The summed E-state index contributed by atoms with van der Waals surface area (Å²) in [5, 5.41) is 2.31. The quantitative estimate of drug-likeness (QED) is 0.864. The van der Waals surface area contributed by atoms with Crippen LogP contribution in [0.4, 0.5) is 0 Å². The number of aromatic nitrogens is 2. The number of benzene rings is 1. The lowest BCUT2D eigenvalue weighted by Gasteiger charge is -2.21. The van der Waals surface area contributed by atoms with E-state index in [2.05, 4.69) is 5.32 Å². The van der Waals surface area contributed by atoms with Gasteiger partial charge in [0, 0.05) is 12.5 Å². The molecule has 1 N–H and O–H groups in total. The Kier molecular flexibility index (Phi) is 5.03. The summed E-state index contributed by atoms with van der Waals surface area (Å²) in [6, 6.07) is 6.79. The highest BCUT2D eigenvalue weighted by molar-refractivity contribution is 6.00. The van der Waals surface area contributed by atoms with E-state index in [0.717, 1.165) is 11.0 Å². The standard InChI is InChI=1S/C15H17N3O3.C2H6/c1-9(2)17-10-5-3-4-6-11(10)18(15(17)21)12-7-8-13(19)16-14(12)20;1-2/h3-6,9,12H,7-8H2,1-2H3,(H,16,19,20);1-2H3. The van der Waals surface area contributed by atoms with Crippen molar-refractivity contribution in [1.82, 2.24) is 14.5 Å². The van der Waals surface area contributed by atoms with Crippen molar-refractivity contribution in [2.45, 2.75) is 52.6 Å². The molecule has 0 aliphatic carbocycles. The summed E-state index contributed by atoms with van der Waals surface area (Å²) in [5.74, 6) is -0.683. The molecule has 1 atom stereocenters. The van der Waals surface area contributed by atoms with Crippen molar-refractivity contribution in [3.8, 4) is 0 Å². The molecule has 3 rings (SSSR count). The number of hydrogen-bond acceptors (Lipinski definition) is 3. The van der Waals surface area contributed by atoms with Gasteiger partial charge in [-0.2, -0.15) is 0 Å². The van der Waals surface area contributed by atoms with Gasteiger partial charge in [0.25, 0.3) is 0 Å². The maximum atomic E-state index is 12.7. The molecule has 1 fully saturated rings. The molecule has 0 bridgehead atoms. The number of nitrogens with zero attached hydrogens (tertiary/aromatic N) is 2. The highest BCUT2D eigenvalue weighted by Crippen LogP contribution is 2.24. The fraction of sp³-hybridized carbons (Fsp3) is 0.471. The monoisotopic (exact) mass is 317 g/mol. The smallest absolute Gasteiger partial charge is 0.295 e. The minimum Gasteiger partial charge on any atom is -0.295 e. The first-order valence-corrected chi connectivity index (χ1v) is 8.06. The van der Waals surface area contributed by atoms with Crippen molar-refractivity contribution in [3.05, 3.63) is 34.7 Å². The average Bonchev–Trinajstić information content (AvgIpc) is 2.82. The third-order valence-electron chi connectivity index (χ3n) is 3.85. The van der Waals surface area contributed by atoms with Crippen LogP contribution in [0.2, 0.25) is 0 Å². The predicted molar refractivity (Wildman–Crippen MR) is 89.4 cm³/mol. The second kappa shape index (κ2) is 6.81. The van der Waals surface area contributed by atoms with Crippen molar-refractivity contribution in [2.24, 2.45) is 0 Å². The molecule has 6 heteroatoms. The summed E-state index contributed by atoms with van der Waals surface area (Å²) in [5.41, 5.74) is 1.33. The first-order chi connectivity index (χ1) is 11.0. The number of carbonyl (C=O) groups is 2. The molecule has 2 heterocycles. The molecule has 1 aromatic heterocycles. The summed E-state index contributed by atoms with van der Waals surface area (Å²) in [6.07, 6.45) is 0.612. The number of para-hydroxylation sites is 2. The van der Waals surface area contributed by atoms with E-state index in [1.807, 2.05) is 52.0 Å². The van der Waals surface area contributed by atoms with E-state index in [9.17, 15) is 14.4 Å². The fourth-order valence-corrected chi connectivity index (χ4v) is 2.92. The zero-order valence-corrected chi connectivity index (χ0v) is 14.0. The average molecular weight is 317 g/mol. The summed E-state index contributed by atoms with van der Waals surface area (Å²) < 4.78 is 3.19. The molecule has 1 aliphatic rings. The highest BCUT2D eigenvalue weighted by atomic mass is 16.2. The van der Waals surface area contributed by atoms with Gasteiger partial charge in [-0.25, -0.2) is 4.79 Å². The van der Waals surface area contributed by atoms with Crippen LogP contribution in [0.1, 0.15) is 52.6 Å². The molecule has 1 unspecified atom stereocenters. The third-order valence-corrected chi connectivity index (χ3v) is 3.85. The Hall–Kier alpha value is -2.37. The van der Waals surface area contributed by atoms with Gasteiger partial charge in [0.05, 0.1) is 11.0 Å². The minimum absolute atomic E-state index is 0.00284. The Bertz CT molecular complexity index is 786. The molecule has 6 nitrogen and oxygen atoms in total. The second-order valence-corrected chi connectivity index (χ2v) is 5.57. The number of amides is 2. The molecule has 2 aromatic rings. The number of hydrogen-bond donors (Lipinski definition) is 1. The lowest BCUT2D eigenvalue weighted by atomic mass is 10.1. The number of imide groups is 1.